The molecule has 3 aliphatic rings. The molecule has 3 aromatic carbocycles. The predicted octanol–water partition coefficient (Wildman–Crippen LogP) is 5.71. The number of thiazole rings is 1. The van der Waals surface area contributed by atoms with Crippen molar-refractivity contribution in [2.45, 2.75) is 122 Å². The largest absolute Gasteiger partial charge is 0.391 e. The molecule has 5 aromatic rings. The lowest BCUT2D eigenvalue weighted by Crippen LogP contribution is -2.59. The third-order valence-electron chi connectivity index (χ3n) is 13.6. The highest BCUT2D eigenvalue weighted by Gasteiger charge is 2.53. The molecule has 2 saturated heterocycles. The van der Waals surface area contributed by atoms with Crippen molar-refractivity contribution < 1.29 is 38.3 Å². The van der Waals surface area contributed by atoms with Crippen molar-refractivity contribution in [1.29, 1.82) is 0 Å². The number of aromatic amines is 1. The van der Waals surface area contributed by atoms with Gasteiger partial charge in [-0.25, -0.2) is 14.4 Å². The molecule has 1 saturated carbocycles. The molecule has 0 radical (unpaired) electrons. The summed E-state index contributed by atoms with van der Waals surface area (Å²) in [4.78, 5) is 97.8. The van der Waals surface area contributed by atoms with Crippen LogP contribution < -0.4 is 26.6 Å². The van der Waals surface area contributed by atoms with Gasteiger partial charge in [-0.05, 0) is 112 Å². The number of halogens is 1. The Kier molecular flexibility index (Phi) is 15.3. The Morgan fingerprint density at radius 3 is 2.30 bits per heavy atom. The number of β-amino-alcohol motifs (C(OH)–C–C–N with tert-alkyl or cyclic N) is 1. The lowest BCUT2D eigenvalue weighted by Gasteiger charge is -2.36. The molecule has 0 bridgehead atoms. The van der Waals surface area contributed by atoms with Crippen LogP contribution in [0, 0.1) is 12.3 Å². The molecule has 6 amide bonds. The van der Waals surface area contributed by atoms with E-state index in [-0.39, 0.29) is 63.0 Å². The fraction of sp³-hybridized carbons (Fsp3) is 0.462. The Bertz CT molecular complexity index is 2770. The van der Waals surface area contributed by atoms with Gasteiger partial charge in [0.2, 0.25) is 17.7 Å². The van der Waals surface area contributed by atoms with E-state index >= 15 is 0 Å². The third-order valence-corrected chi connectivity index (χ3v) is 14.6. The number of fused-ring (bicyclic) bond motifs is 1. The number of carbonyl (C=O) groups excluding carboxylic acids is 6. The van der Waals surface area contributed by atoms with Crippen LogP contribution in [0.15, 0.2) is 72.2 Å². The number of nitrogens with one attached hydrogen (secondary N) is 6. The number of hydrogen-bond acceptors (Lipinski definition) is 11. The monoisotopic (exact) mass is 990 g/mol. The topological polar surface area (TPSA) is 231 Å². The third kappa shape index (κ3) is 12.3. The Morgan fingerprint density at radius 2 is 1.65 bits per heavy atom. The maximum absolute atomic E-state index is 14.7. The molecule has 8 rings (SSSR count). The summed E-state index contributed by atoms with van der Waals surface area (Å²) in [6.07, 6.45) is 1.62. The summed E-state index contributed by atoms with van der Waals surface area (Å²) in [6, 6.07) is 16.6. The summed E-state index contributed by atoms with van der Waals surface area (Å²) in [5, 5.41) is 24.9. The highest BCUT2D eigenvalue weighted by atomic mass is 32.1. The molecule has 17 nitrogen and oxygen atoms in total. The van der Waals surface area contributed by atoms with E-state index in [1.807, 2.05) is 49.4 Å². The molecule has 2 aliphatic heterocycles. The molecule has 3 fully saturated rings. The second kappa shape index (κ2) is 21.4. The molecule has 4 heterocycles. The first kappa shape index (κ1) is 50.8. The highest BCUT2D eigenvalue weighted by Crippen LogP contribution is 2.40. The number of aromatic nitrogens is 3. The number of likely N-dealkylation sites (tertiary alicyclic amines) is 2. The van der Waals surface area contributed by atoms with Crippen LogP contribution in [0.5, 0.6) is 0 Å². The van der Waals surface area contributed by atoms with E-state index in [0.29, 0.717) is 34.8 Å². The van der Waals surface area contributed by atoms with Gasteiger partial charge < -0.3 is 41.6 Å². The van der Waals surface area contributed by atoms with Gasteiger partial charge in [0.1, 0.15) is 17.9 Å². The summed E-state index contributed by atoms with van der Waals surface area (Å²) < 4.78 is 14.7. The van der Waals surface area contributed by atoms with Gasteiger partial charge >= 0.3 is 0 Å². The normalized spacial score (nSPS) is 19.5. The molecule has 0 spiro atoms. The van der Waals surface area contributed by atoms with E-state index in [2.05, 4.69) is 48.4 Å². The van der Waals surface area contributed by atoms with Crippen molar-refractivity contribution in [2.24, 2.45) is 5.41 Å². The number of nitrogens with zero attached hydrogens (tertiary/aromatic N) is 4. The number of benzene rings is 3. The van der Waals surface area contributed by atoms with Gasteiger partial charge in [0, 0.05) is 48.9 Å². The Morgan fingerprint density at radius 1 is 0.944 bits per heavy atom. The zero-order valence-electron chi connectivity index (χ0n) is 40.8. The number of alkyl halides is 1. The summed E-state index contributed by atoms with van der Waals surface area (Å²) >= 11 is 1.49. The zero-order chi connectivity index (χ0) is 50.6. The maximum Gasteiger partial charge on any atom is 0.258 e. The second-order valence-corrected chi connectivity index (χ2v) is 21.0. The van der Waals surface area contributed by atoms with Crippen LogP contribution in [-0.2, 0) is 25.7 Å². The summed E-state index contributed by atoms with van der Waals surface area (Å²) in [5.74, 6) is -2.25. The smallest absolute Gasteiger partial charge is 0.258 e. The predicted molar refractivity (Wildman–Crippen MR) is 268 cm³/mol. The summed E-state index contributed by atoms with van der Waals surface area (Å²) in [7, 11) is 0. The number of hydrogen-bond donors (Lipinski definition) is 7. The molecule has 1 aliphatic carbocycles. The van der Waals surface area contributed by atoms with Gasteiger partial charge in [-0.3, -0.25) is 33.7 Å². The van der Waals surface area contributed by atoms with Gasteiger partial charge in [0.15, 0.2) is 5.67 Å². The number of carbonyl (C=O) groups is 6. The lowest BCUT2D eigenvalue weighted by molar-refractivity contribution is -0.145. The average Bonchev–Trinajstić information content (AvgIpc) is 3.73. The van der Waals surface area contributed by atoms with Crippen LogP contribution in [0.2, 0.25) is 0 Å². The Hall–Kier alpha value is -6.57. The van der Waals surface area contributed by atoms with Gasteiger partial charge in [-0.1, -0.05) is 45.0 Å². The van der Waals surface area contributed by atoms with Crippen LogP contribution in [0.25, 0.3) is 21.5 Å². The van der Waals surface area contributed by atoms with Crippen LogP contribution in [0.1, 0.15) is 116 Å². The van der Waals surface area contributed by atoms with Crippen LogP contribution in [-0.4, -0.2) is 121 Å². The van der Waals surface area contributed by atoms with Gasteiger partial charge in [0.25, 0.3) is 17.7 Å². The first-order valence-electron chi connectivity index (χ1n) is 24.3. The molecule has 71 heavy (non-hydrogen) atoms. The van der Waals surface area contributed by atoms with Crippen molar-refractivity contribution >= 4 is 63.5 Å². The minimum atomic E-state index is -2.02. The van der Waals surface area contributed by atoms with E-state index in [4.69, 9.17) is 4.98 Å². The number of anilines is 1. The molecule has 7 N–H and O–H groups in total. The quantitative estimate of drug-likeness (QED) is 0.0529. The molecule has 2 aromatic heterocycles. The van der Waals surface area contributed by atoms with E-state index in [1.165, 1.54) is 29.1 Å². The minimum Gasteiger partial charge on any atom is -0.391 e. The van der Waals surface area contributed by atoms with Crippen molar-refractivity contribution in [2.75, 3.05) is 31.5 Å². The van der Waals surface area contributed by atoms with E-state index in [9.17, 15) is 38.3 Å². The summed E-state index contributed by atoms with van der Waals surface area (Å²) in [5.41, 5.74) is 4.30. The Balaban J connectivity index is 0.839. The fourth-order valence-electron chi connectivity index (χ4n) is 9.17. The van der Waals surface area contributed by atoms with E-state index < -0.39 is 53.0 Å². The lowest BCUT2D eigenvalue weighted by atomic mass is 9.85. The highest BCUT2D eigenvalue weighted by molar-refractivity contribution is 7.13. The van der Waals surface area contributed by atoms with Crippen LogP contribution in [0.3, 0.4) is 0 Å². The number of aryl methyl sites for hydroxylation is 1. The van der Waals surface area contributed by atoms with Crippen molar-refractivity contribution in [3.8, 4) is 10.4 Å². The molecular formula is C52H63FN10O7S. The first-order valence-corrected chi connectivity index (χ1v) is 25.2. The van der Waals surface area contributed by atoms with Gasteiger partial charge in [0.05, 0.1) is 52.2 Å². The number of aliphatic hydroxyl groups excluding tert-OH is 1. The first-order chi connectivity index (χ1) is 33.8. The van der Waals surface area contributed by atoms with Crippen molar-refractivity contribution in [3.63, 3.8) is 0 Å². The number of imidazole rings is 1. The van der Waals surface area contributed by atoms with Crippen LogP contribution in [0.4, 0.5) is 10.1 Å². The number of rotatable bonds is 18. The van der Waals surface area contributed by atoms with Gasteiger partial charge in [-0.2, -0.15) is 0 Å². The van der Waals surface area contributed by atoms with Crippen molar-refractivity contribution in [1.82, 2.24) is 46.0 Å². The maximum atomic E-state index is 14.7. The van der Waals surface area contributed by atoms with E-state index in [1.54, 1.807) is 50.5 Å². The average molecular weight is 991 g/mol. The SMILES string of the molecule is Cc1ncsc1-c1ccc([C@H](CC(=O)NCCCNC(=O)c2ccc(C(=O)Nc3ccc4nc(CN5CCC[C@@H]5C)[nH]c4c3)cc2)NC(=O)[C@@H]2C[C@@H](O)CN2C(=O)[C@@H](NC(=O)C2(F)CC2)C(C)(C)C)cc1. The zero-order valence-corrected chi connectivity index (χ0v) is 41.6. The molecule has 0 unspecified atom stereocenters. The molecular weight excluding hydrogens is 928 g/mol. The number of aliphatic hydroxyl groups is 1. The fourth-order valence-corrected chi connectivity index (χ4v) is 9.98. The second-order valence-electron chi connectivity index (χ2n) is 20.2. The standard InChI is InChI=1S/C52H63FN10O7S/c1-30-8-6-23-62(30)28-42-58-38-18-17-36(24-40(38)59-42)57-47(67)35-15-13-34(14-16-35)46(66)55-22-7-21-54-43(65)26-39(32-9-11-33(12-10-32)44-31(2)56-29-71-44)60-48(68)41-25-37(64)27-63(41)49(69)45(51(3,4)5)61-50(70)52(53)19-20-52/h9-18,24,29-30,37,39,41,45,64H,6-8,19-23,25-28H2,1-5H3,(H,54,65)(H,55,66)(H,57,67)(H,58,59)(H,60,68)(H,61,70)/t30-,37+,39-,41-,45+/m0/s1. The number of H-pyrrole nitrogens is 1. The van der Waals surface area contributed by atoms with Gasteiger partial charge in [-0.15, -0.1) is 11.3 Å². The van der Waals surface area contributed by atoms with Crippen molar-refractivity contribution in [3.05, 3.63) is 100 Å². The summed E-state index contributed by atoms with van der Waals surface area (Å²) in [6.45, 7) is 11.4. The molecule has 376 valence electrons. The molecule has 19 heteroatoms. The minimum absolute atomic E-state index is 0.0687. The molecule has 5 atom stereocenters. The number of amides is 6. The van der Waals surface area contributed by atoms with Crippen LogP contribution >= 0.6 is 11.3 Å². The Labute approximate surface area is 416 Å². The van der Waals surface area contributed by atoms with E-state index in [0.717, 1.165) is 46.1 Å².